The van der Waals surface area contributed by atoms with E-state index in [-0.39, 0.29) is 0 Å². The van der Waals surface area contributed by atoms with Crippen LogP contribution in [-0.2, 0) is 11.8 Å². The molecule has 2 aliphatic carbocycles. The van der Waals surface area contributed by atoms with Crippen molar-refractivity contribution in [2.45, 2.75) is 18.3 Å². The molecule has 0 saturated heterocycles. The molecule has 0 saturated carbocycles. The molecular formula is C51H34O. The number of hydrogen-bond donors (Lipinski definition) is 0. The molecule has 244 valence electrons. The van der Waals surface area contributed by atoms with Crippen LogP contribution in [0.25, 0.3) is 72.2 Å². The van der Waals surface area contributed by atoms with Crippen molar-refractivity contribution in [2.24, 2.45) is 0 Å². The quantitative estimate of drug-likeness (QED) is 0.183. The molecule has 0 fully saturated rings. The number of hydrogen-bond acceptors (Lipinski definition) is 1. The Morgan fingerprint density at radius 1 is 0.481 bits per heavy atom. The topological polar surface area (TPSA) is 13.1 Å². The number of benzene rings is 8. The highest BCUT2D eigenvalue weighted by atomic mass is 16.3. The summed E-state index contributed by atoms with van der Waals surface area (Å²) in [4.78, 5) is 0. The molecule has 0 atom stereocenters. The largest absolute Gasteiger partial charge is 0.455 e. The number of para-hydroxylation sites is 1. The lowest BCUT2D eigenvalue weighted by atomic mass is 9.67. The minimum Gasteiger partial charge on any atom is -0.455 e. The van der Waals surface area contributed by atoms with Gasteiger partial charge in [0, 0.05) is 16.3 Å². The number of fused-ring (bicyclic) bond motifs is 9. The van der Waals surface area contributed by atoms with Crippen molar-refractivity contribution in [3.63, 3.8) is 0 Å². The van der Waals surface area contributed by atoms with E-state index in [1.165, 1.54) is 82.9 Å². The summed E-state index contributed by atoms with van der Waals surface area (Å²) in [6, 6.07) is 62.3. The zero-order chi connectivity index (χ0) is 34.2. The van der Waals surface area contributed by atoms with Gasteiger partial charge in [0.15, 0.2) is 0 Å². The highest BCUT2D eigenvalue weighted by Gasteiger charge is 2.48. The van der Waals surface area contributed by atoms with Crippen LogP contribution in [0.5, 0.6) is 0 Å². The van der Waals surface area contributed by atoms with E-state index in [1.54, 1.807) is 0 Å². The molecule has 1 heterocycles. The second kappa shape index (κ2) is 11.3. The summed E-state index contributed by atoms with van der Waals surface area (Å²) in [5.41, 5.74) is 16.7. The number of rotatable bonds is 4. The minimum absolute atomic E-state index is 0.546. The lowest BCUT2D eigenvalue weighted by Gasteiger charge is -2.34. The third kappa shape index (κ3) is 3.94. The lowest BCUT2D eigenvalue weighted by molar-refractivity contribution is 0.669. The van der Waals surface area contributed by atoms with Gasteiger partial charge < -0.3 is 4.42 Å². The van der Waals surface area contributed by atoms with Gasteiger partial charge in [0.1, 0.15) is 11.2 Å². The second-order valence-electron chi connectivity index (χ2n) is 14.2. The van der Waals surface area contributed by atoms with Crippen LogP contribution in [0.4, 0.5) is 0 Å². The van der Waals surface area contributed by atoms with Gasteiger partial charge in [-0.25, -0.2) is 0 Å². The zero-order valence-electron chi connectivity index (χ0n) is 28.6. The van der Waals surface area contributed by atoms with Gasteiger partial charge in [-0.1, -0.05) is 170 Å². The van der Waals surface area contributed by atoms with Crippen molar-refractivity contribution in [1.82, 2.24) is 0 Å². The molecule has 0 spiro atoms. The second-order valence-corrected chi connectivity index (χ2v) is 14.2. The maximum atomic E-state index is 7.11. The Kier molecular flexibility index (Phi) is 6.36. The molecule has 2 aliphatic rings. The maximum Gasteiger partial charge on any atom is 0.144 e. The molecule has 1 nitrogen and oxygen atoms in total. The first-order valence-corrected chi connectivity index (χ1v) is 18.3. The van der Waals surface area contributed by atoms with Crippen LogP contribution in [0.2, 0.25) is 0 Å². The Balaban J connectivity index is 1.37. The van der Waals surface area contributed by atoms with Crippen LogP contribution in [0.15, 0.2) is 180 Å². The van der Waals surface area contributed by atoms with Crippen LogP contribution < -0.4 is 0 Å². The first-order chi connectivity index (χ1) is 25.8. The molecule has 1 aromatic heterocycles. The van der Waals surface area contributed by atoms with Gasteiger partial charge in [0.05, 0.1) is 5.41 Å². The monoisotopic (exact) mass is 662 g/mol. The van der Waals surface area contributed by atoms with Crippen LogP contribution >= 0.6 is 0 Å². The Morgan fingerprint density at radius 3 is 1.81 bits per heavy atom. The molecule has 0 N–H and O–H groups in total. The van der Waals surface area contributed by atoms with E-state index in [9.17, 15) is 0 Å². The van der Waals surface area contributed by atoms with E-state index in [4.69, 9.17) is 4.42 Å². The van der Waals surface area contributed by atoms with Crippen molar-refractivity contribution < 1.29 is 4.42 Å². The van der Waals surface area contributed by atoms with Gasteiger partial charge in [0.25, 0.3) is 0 Å². The molecular weight excluding hydrogens is 629 g/mol. The molecule has 0 bridgehead atoms. The molecule has 0 radical (unpaired) electrons. The Bertz CT molecular complexity index is 2840. The molecule has 0 aliphatic heterocycles. The molecule has 8 aromatic carbocycles. The van der Waals surface area contributed by atoms with E-state index in [2.05, 4.69) is 182 Å². The van der Waals surface area contributed by atoms with E-state index >= 15 is 0 Å². The average Bonchev–Trinajstić information content (AvgIpc) is 3.75. The highest BCUT2D eigenvalue weighted by Crippen LogP contribution is 2.60. The summed E-state index contributed by atoms with van der Waals surface area (Å²) in [7, 11) is 0. The van der Waals surface area contributed by atoms with Crippen LogP contribution in [0, 0.1) is 0 Å². The third-order valence-corrected chi connectivity index (χ3v) is 11.6. The predicted molar refractivity (Wildman–Crippen MR) is 217 cm³/mol. The van der Waals surface area contributed by atoms with Crippen LogP contribution in [-0.4, -0.2) is 0 Å². The fourth-order valence-electron chi connectivity index (χ4n) is 9.61. The summed E-state index contributed by atoms with van der Waals surface area (Å²) in [5.74, 6) is 0. The summed E-state index contributed by atoms with van der Waals surface area (Å²) in [5, 5.41) is 4.90. The summed E-state index contributed by atoms with van der Waals surface area (Å²) in [6.45, 7) is 0. The summed E-state index contributed by atoms with van der Waals surface area (Å²) < 4.78 is 7.11. The fourth-order valence-corrected chi connectivity index (χ4v) is 9.61. The van der Waals surface area contributed by atoms with Gasteiger partial charge in [-0.05, 0) is 96.9 Å². The summed E-state index contributed by atoms with van der Waals surface area (Å²) >= 11 is 0. The lowest BCUT2D eigenvalue weighted by Crippen LogP contribution is -2.28. The van der Waals surface area contributed by atoms with Gasteiger partial charge in [-0.2, -0.15) is 0 Å². The van der Waals surface area contributed by atoms with E-state index in [0.29, 0.717) is 0 Å². The van der Waals surface area contributed by atoms with Crippen molar-refractivity contribution >= 4 is 38.8 Å². The Morgan fingerprint density at radius 2 is 1.08 bits per heavy atom. The standard InChI is InChI=1S/C51H34O/c1-4-18-33(19-5-1)46-36-24-10-12-26-38(36)47(39-27-13-11-25-37(39)46)42-32-44-49(50-48(42)41-29-15-17-31-45(41)52-50)40-28-14-16-30-43(40)51(44,34-20-6-2-7-21-34)35-22-8-3-9-23-35/h1-12,14-26,28-32H,13,27H2. The van der Waals surface area contributed by atoms with Gasteiger partial charge in [0.2, 0.25) is 0 Å². The van der Waals surface area contributed by atoms with E-state index in [0.717, 1.165) is 29.4 Å². The van der Waals surface area contributed by atoms with Gasteiger partial charge in [-0.15, -0.1) is 0 Å². The smallest absolute Gasteiger partial charge is 0.144 e. The van der Waals surface area contributed by atoms with Crippen molar-refractivity contribution in [1.29, 1.82) is 0 Å². The SMILES string of the molecule is C1=Cc2c(c(-c3cc4c(c5oc6ccccc6c35)-c3ccccc3C4(c3ccccc3)c3ccccc3)c3ccccc3c2-c2ccccc2)CC1. The van der Waals surface area contributed by atoms with Crippen LogP contribution in [0.1, 0.15) is 39.8 Å². The zero-order valence-corrected chi connectivity index (χ0v) is 28.6. The number of furan rings is 1. The molecule has 0 unspecified atom stereocenters. The third-order valence-electron chi connectivity index (χ3n) is 11.6. The summed E-state index contributed by atoms with van der Waals surface area (Å²) in [6.07, 6.45) is 6.72. The normalized spacial score (nSPS) is 14.1. The van der Waals surface area contributed by atoms with E-state index < -0.39 is 5.41 Å². The Labute approximate surface area is 303 Å². The molecule has 0 amide bonds. The molecule has 1 heteroatoms. The fraction of sp³-hybridized carbons (Fsp3) is 0.0588. The number of allylic oxidation sites excluding steroid dienone is 1. The van der Waals surface area contributed by atoms with Gasteiger partial charge >= 0.3 is 0 Å². The van der Waals surface area contributed by atoms with Gasteiger partial charge in [-0.3, -0.25) is 0 Å². The molecule has 11 rings (SSSR count). The molecule has 9 aromatic rings. The van der Waals surface area contributed by atoms with Crippen molar-refractivity contribution in [2.75, 3.05) is 0 Å². The first-order valence-electron chi connectivity index (χ1n) is 18.3. The predicted octanol–water partition coefficient (Wildman–Crippen LogP) is 13.4. The maximum absolute atomic E-state index is 7.11. The highest BCUT2D eigenvalue weighted by molar-refractivity contribution is 6.22. The van der Waals surface area contributed by atoms with Crippen molar-refractivity contribution in [3.05, 3.63) is 209 Å². The Hall–Kier alpha value is -6.44. The van der Waals surface area contributed by atoms with Crippen molar-refractivity contribution in [3.8, 4) is 33.4 Å². The van der Waals surface area contributed by atoms with Crippen LogP contribution in [0.3, 0.4) is 0 Å². The minimum atomic E-state index is -0.546. The van der Waals surface area contributed by atoms with E-state index in [1.807, 2.05) is 0 Å². The first kappa shape index (κ1) is 29.3. The molecule has 52 heavy (non-hydrogen) atoms. The average molecular weight is 663 g/mol.